The van der Waals surface area contributed by atoms with Crippen molar-refractivity contribution in [2.45, 2.75) is 10.8 Å². The van der Waals surface area contributed by atoms with Crippen LogP contribution in [0, 0.1) is 0 Å². The number of rotatable bonds is 7. The van der Waals surface area contributed by atoms with E-state index in [2.05, 4.69) is 5.48 Å². The van der Waals surface area contributed by atoms with E-state index in [1.165, 1.54) is 19.2 Å². The molecular formula is C14H15ClN2O4S2. The molecule has 0 bridgehead atoms. The van der Waals surface area contributed by atoms with Gasteiger partial charge in [-0.25, -0.2) is 13.9 Å². The van der Waals surface area contributed by atoms with Gasteiger partial charge in [-0.05, 0) is 17.7 Å². The van der Waals surface area contributed by atoms with Crippen LogP contribution in [0.25, 0.3) is 0 Å². The molecular weight excluding hydrogens is 360 g/mol. The third-order valence-electron chi connectivity index (χ3n) is 2.85. The van der Waals surface area contributed by atoms with Crippen molar-refractivity contribution in [3.05, 3.63) is 52.4 Å². The highest BCUT2D eigenvalue weighted by molar-refractivity contribution is 7.91. The number of hydrogen-bond donors (Lipinski definition) is 1. The highest BCUT2D eigenvalue weighted by Crippen LogP contribution is 2.27. The molecule has 1 heterocycles. The lowest BCUT2D eigenvalue weighted by molar-refractivity contribution is -0.134. The molecule has 0 saturated heterocycles. The molecule has 0 saturated carbocycles. The molecule has 0 aliphatic rings. The number of carbonyl (C=O) groups excluding carboxylic acids is 1. The van der Waals surface area contributed by atoms with Crippen molar-refractivity contribution in [2.75, 3.05) is 13.6 Å². The summed E-state index contributed by atoms with van der Waals surface area (Å²) < 4.78 is 25.9. The number of thiophene rings is 1. The Kier molecular flexibility index (Phi) is 6.14. The van der Waals surface area contributed by atoms with E-state index < -0.39 is 15.9 Å². The molecule has 2 aromatic rings. The van der Waals surface area contributed by atoms with Gasteiger partial charge in [0.15, 0.2) is 0 Å². The number of hydroxylamine groups is 1. The summed E-state index contributed by atoms with van der Waals surface area (Å²) in [7, 11) is -2.42. The van der Waals surface area contributed by atoms with Gasteiger partial charge in [0.05, 0.1) is 17.5 Å². The minimum atomic E-state index is -3.74. The lowest BCUT2D eigenvalue weighted by Crippen LogP contribution is -2.38. The first kappa shape index (κ1) is 17.9. The van der Waals surface area contributed by atoms with Crippen molar-refractivity contribution >= 4 is 38.9 Å². The number of hydrogen-bond acceptors (Lipinski definition) is 5. The molecule has 23 heavy (non-hydrogen) atoms. The van der Waals surface area contributed by atoms with Gasteiger partial charge in [-0.1, -0.05) is 41.9 Å². The maximum absolute atomic E-state index is 12.2. The van der Waals surface area contributed by atoms with E-state index in [9.17, 15) is 13.2 Å². The zero-order valence-corrected chi connectivity index (χ0v) is 14.6. The Morgan fingerprint density at radius 2 is 1.96 bits per heavy atom. The van der Waals surface area contributed by atoms with E-state index in [0.29, 0.717) is 4.34 Å². The van der Waals surface area contributed by atoms with Crippen LogP contribution >= 0.6 is 22.9 Å². The van der Waals surface area contributed by atoms with Crippen molar-refractivity contribution < 1.29 is 18.0 Å². The van der Waals surface area contributed by atoms with E-state index in [1.807, 2.05) is 30.3 Å². The normalized spacial score (nSPS) is 11.6. The highest BCUT2D eigenvalue weighted by Gasteiger charge is 2.24. The summed E-state index contributed by atoms with van der Waals surface area (Å²) in [5.41, 5.74) is 3.11. The van der Waals surface area contributed by atoms with Crippen molar-refractivity contribution in [1.82, 2.24) is 9.79 Å². The van der Waals surface area contributed by atoms with Crippen LogP contribution in [-0.2, 0) is 26.3 Å². The number of carbonyl (C=O) groups is 1. The second-order valence-electron chi connectivity index (χ2n) is 4.62. The molecule has 0 aliphatic heterocycles. The molecule has 2 rings (SSSR count). The first-order valence-corrected chi connectivity index (χ1v) is 9.19. The number of nitrogens with one attached hydrogen (secondary N) is 1. The number of benzene rings is 1. The van der Waals surface area contributed by atoms with Crippen LogP contribution in [0.4, 0.5) is 0 Å². The van der Waals surface area contributed by atoms with Crippen molar-refractivity contribution in [1.29, 1.82) is 0 Å². The lowest BCUT2D eigenvalue weighted by atomic mass is 10.2. The quantitative estimate of drug-likeness (QED) is 0.754. The van der Waals surface area contributed by atoms with Gasteiger partial charge in [0.2, 0.25) is 0 Å². The van der Waals surface area contributed by atoms with Gasteiger partial charge in [-0.2, -0.15) is 4.31 Å². The monoisotopic (exact) mass is 374 g/mol. The summed E-state index contributed by atoms with van der Waals surface area (Å²) in [6.07, 6.45) is 0. The molecule has 0 atom stereocenters. The minimum Gasteiger partial charge on any atom is -0.271 e. The number of nitrogens with zero attached hydrogens (tertiary/aromatic N) is 1. The van der Waals surface area contributed by atoms with Crippen LogP contribution in [0.15, 0.2) is 46.7 Å². The smallest absolute Gasteiger partial charge is 0.258 e. The zero-order chi connectivity index (χ0) is 16.9. The number of likely N-dealkylation sites (N-methyl/N-ethyl adjacent to an activating group) is 1. The van der Waals surface area contributed by atoms with Crippen LogP contribution in [0.2, 0.25) is 4.34 Å². The average molecular weight is 375 g/mol. The zero-order valence-electron chi connectivity index (χ0n) is 12.2. The molecule has 1 N–H and O–H groups in total. The molecule has 0 radical (unpaired) electrons. The van der Waals surface area contributed by atoms with E-state index in [-0.39, 0.29) is 17.4 Å². The summed E-state index contributed by atoms with van der Waals surface area (Å²) >= 11 is 6.68. The molecule has 0 fully saturated rings. The predicted molar refractivity (Wildman–Crippen MR) is 88.5 cm³/mol. The first-order valence-electron chi connectivity index (χ1n) is 6.56. The van der Waals surface area contributed by atoms with E-state index in [0.717, 1.165) is 21.2 Å². The van der Waals surface area contributed by atoms with E-state index >= 15 is 0 Å². The fourth-order valence-electron chi connectivity index (χ4n) is 1.68. The second-order valence-corrected chi connectivity index (χ2v) is 8.61. The highest BCUT2D eigenvalue weighted by atomic mass is 35.5. The summed E-state index contributed by atoms with van der Waals surface area (Å²) in [4.78, 5) is 16.8. The fraction of sp³-hybridized carbons (Fsp3) is 0.214. The lowest BCUT2D eigenvalue weighted by Gasteiger charge is -2.15. The third kappa shape index (κ3) is 5.02. The molecule has 1 aromatic carbocycles. The second kappa shape index (κ2) is 7.89. The Balaban J connectivity index is 1.85. The van der Waals surface area contributed by atoms with Crippen molar-refractivity contribution in [3.8, 4) is 0 Å². The standard InChI is InChI=1S/C14H15ClN2O4S2/c1-17(23(19,20)14-8-7-12(15)22-14)9-13(18)16-21-10-11-5-3-2-4-6-11/h2-8H,9-10H2,1H3,(H,16,18). The Morgan fingerprint density at radius 1 is 1.26 bits per heavy atom. The third-order valence-corrected chi connectivity index (χ3v) is 6.35. The van der Waals surface area contributed by atoms with Crippen molar-refractivity contribution in [2.24, 2.45) is 0 Å². The first-order chi connectivity index (χ1) is 10.9. The molecule has 0 unspecified atom stereocenters. The van der Waals surface area contributed by atoms with E-state index in [1.54, 1.807) is 0 Å². The van der Waals surface area contributed by atoms with Crippen LogP contribution in [0.1, 0.15) is 5.56 Å². The summed E-state index contributed by atoms with van der Waals surface area (Å²) in [5, 5.41) is 0. The predicted octanol–water partition coefficient (Wildman–Crippen LogP) is 2.27. The molecule has 0 aliphatic carbocycles. The summed E-state index contributed by atoms with van der Waals surface area (Å²) in [6.45, 7) is -0.157. The van der Waals surface area contributed by atoms with Gasteiger partial charge in [0.1, 0.15) is 4.21 Å². The number of sulfonamides is 1. The van der Waals surface area contributed by atoms with E-state index in [4.69, 9.17) is 16.4 Å². The summed E-state index contributed by atoms with van der Waals surface area (Å²) in [5.74, 6) is -0.561. The Bertz CT molecular complexity index is 762. The molecule has 6 nitrogen and oxygen atoms in total. The minimum absolute atomic E-state index is 0.0861. The fourth-order valence-corrected chi connectivity index (χ4v) is 4.50. The molecule has 0 spiro atoms. The van der Waals surface area contributed by atoms with Gasteiger partial charge in [0, 0.05) is 7.05 Å². The number of halogens is 1. The van der Waals surface area contributed by atoms with Gasteiger partial charge in [0.25, 0.3) is 15.9 Å². The largest absolute Gasteiger partial charge is 0.271 e. The maximum atomic E-state index is 12.2. The van der Waals surface area contributed by atoms with Crippen LogP contribution < -0.4 is 5.48 Å². The van der Waals surface area contributed by atoms with Crippen LogP contribution in [0.3, 0.4) is 0 Å². The topological polar surface area (TPSA) is 75.7 Å². The van der Waals surface area contributed by atoms with Gasteiger partial charge >= 0.3 is 0 Å². The molecule has 124 valence electrons. The maximum Gasteiger partial charge on any atom is 0.258 e. The molecule has 1 amide bonds. The Hall–Kier alpha value is -1.45. The van der Waals surface area contributed by atoms with Gasteiger partial charge in [-0.15, -0.1) is 11.3 Å². The van der Waals surface area contributed by atoms with Gasteiger partial charge < -0.3 is 0 Å². The SMILES string of the molecule is CN(CC(=O)NOCc1ccccc1)S(=O)(=O)c1ccc(Cl)s1. The van der Waals surface area contributed by atoms with Crippen LogP contribution in [-0.4, -0.2) is 32.2 Å². The molecule has 9 heteroatoms. The van der Waals surface area contributed by atoms with Gasteiger partial charge in [-0.3, -0.25) is 9.63 Å². The Labute approximate surface area is 143 Å². The number of amides is 1. The summed E-state index contributed by atoms with van der Waals surface area (Å²) in [6, 6.07) is 12.2. The van der Waals surface area contributed by atoms with Crippen LogP contribution in [0.5, 0.6) is 0 Å². The molecule has 1 aromatic heterocycles. The Morgan fingerprint density at radius 3 is 2.57 bits per heavy atom. The average Bonchev–Trinajstić information content (AvgIpc) is 2.95. The van der Waals surface area contributed by atoms with Crippen molar-refractivity contribution in [3.63, 3.8) is 0 Å².